The molecular formula is C23H21F2N5O. The SMILES string of the molecule is CCNc1nc(-c2cccnc2)nc2cc(-c3ccc(F)cc3F)ccc12.CNC=O. The van der Waals surface area contributed by atoms with Crippen LogP contribution in [0.4, 0.5) is 14.6 Å². The first-order valence-electron chi connectivity index (χ1n) is 9.59. The van der Waals surface area contributed by atoms with Gasteiger partial charge in [-0.15, -0.1) is 0 Å². The van der Waals surface area contributed by atoms with Crippen LogP contribution in [0.15, 0.2) is 60.9 Å². The van der Waals surface area contributed by atoms with Gasteiger partial charge in [0.15, 0.2) is 5.82 Å². The van der Waals surface area contributed by atoms with Gasteiger partial charge in [0.1, 0.15) is 17.5 Å². The largest absolute Gasteiger partial charge is 0.370 e. The monoisotopic (exact) mass is 421 g/mol. The number of anilines is 1. The average molecular weight is 421 g/mol. The molecule has 1 amide bonds. The Morgan fingerprint density at radius 3 is 2.48 bits per heavy atom. The zero-order valence-corrected chi connectivity index (χ0v) is 17.1. The predicted molar refractivity (Wildman–Crippen MR) is 117 cm³/mol. The summed E-state index contributed by atoms with van der Waals surface area (Å²) in [5.41, 5.74) is 2.40. The molecule has 2 aromatic heterocycles. The van der Waals surface area contributed by atoms with Gasteiger partial charge in [-0.2, -0.15) is 0 Å². The van der Waals surface area contributed by atoms with E-state index in [9.17, 15) is 8.78 Å². The summed E-state index contributed by atoms with van der Waals surface area (Å²) in [6, 6.07) is 12.7. The highest BCUT2D eigenvalue weighted by Gasteiger charge is 2.12. The van der Waals surface area contributed by atoms with Gasteiger partial charge in [-0.1, -0.05) is 6.07 Å². The number of nitrogens with one attached hydrogen (secondary N) is 2. The zero-order chi connectivity index (χ0) is 22.2. The highest BCUT2D eigenvalue weighted by atomic mass is 19.1. The molecule has 0 unspecified atom stereocenters. The Bertz CT molecular complexity index is 1190. The fourth-order valence-corrected chi connectivity index (χ4v) is 2.95. The lowest BCUT2D eigenvalue weighted by atomic mass is 10.0. The fraction of sp³-hybridized carbons (Fsp3) is 0.130. The molecule has 158 valence electrons. The number of amides is 1. The number of benzene rings is 2. The summed E-state index contributed by atoms with van der Waals surface area (Å²) in [6.07, 6.45) is 4.01. The number of halogens is 2. The second-order valence-corrected chi connectivity index (χ2v) is 6.43. The fourth-order valence-electron chi connectivity index (χ4n) is 2.95. The Balaban J connectivity index is 0.000000628. The molecule has 8 heteroatoms. The van der Waals surface area contributed by atoms with Gasteiger partial charge in [-0.05, 0) is 48.9 Å². The average Bonchev–Trinajstić information content (AvgIpc) is 2.79. The molecule has 2 aromatic carbocycles. The second-order valence-electron chi connectivity index (χ2n) is 6.43. The minimum Gasteiger partial charge on any atom is -0.370 e. The molecule has 2 N–H and O–H groups in total. The van der Waals surface area contributed by atoms with Crippen LogP contribution in [0.3, 0.4) is 0 Å². The Morgan fingerprint density at radius 1 is 1.03 bits per heavy atom. The van der Waals surface area contributed by atoms with Crippen molar-refractivity contribution in [2.24, 2.45) is 0 Å². The van der Waals surface area contributed by atoms with Gasteiger partial charge in [0.25, 0.3) is 0 Å². The van der Waals surface area contributed by atoms with E-state index in [2.05, 4.69) is 25.6 Å². The first kappa shape index (κ1) is 21.8. The highest BCUT2D eigenvalue weighted by Crippen LogP contribution is 2.30. The van der Waals surface area contributed by atoms with E-state index in [0.29, 0.717) is 41.2 Å². The van der Waals surface area contributed by atoms with Gasteiger partial charge in [0, 0.05) is 48.6 Å². The molecule has 0 aliphatic rings. The molecule has 31 heavy (non-hydrogen) atoms. The maximum absolute atomic E-state index is 14.2. The minimum atomic E-state index is -0.609. The molecule has 0 aliphatic heterocycles. The smallest absolute Gasteiger partial charge is 0.206 e. The third-order valence-corrected chi connectivity index (χ3v) is 4.32. The number of carbonyl (C=O) groups is 1. The summed E-state index contributed by atoms with van der Waals surface area (Å²) in [7, 11) is 1.56. The molecule has 0 fully saturated rings. The van der Waals surface area contributed by atoms with Crippen molar-refractivity contribution in [1.82, 2.24) is 20.3 Å². The molecule has 0 spiro atoms. The van der Waals surface area contributed by atoms with Crippen LogP contribution in [-0.2, 0) is 4.79 Å². The number of aromatic nitrogens is 3. The summed E-state index contributed by atoms with van der Waals surface area (Å²) < 4.78 is 27.4. The van der Waals surface area contributed by atoms with Crippen molar-refractivity contribution < 1.29 is 13.6 Å². The quantitative estimate of drug-likeness (QED) is 0.466. The summed E-state index contributed by atoms with van der Waals surface area (Å²) in [5.74, 6) is 0.0196. The van der Waals surface area contributed by atoms with Crippen LogP contribution in [0, 0.1) is 11.6 Å². The Labute approximate surface area is 178 Å². The first-order chi connectivity index (χ1) is 15.1. The third kappa shape index (κ3) is 5.16. The standard InChI is InChI=1S/C21H16F2N4.C2H5NO/c1-2-25-21-17-7-5-13(16-8-6-15(22)11-18(16)23)10-19(17)26-20(27-21)14-4-3-9-24-12-14;1-3-2-4/h3-12H,2H2,1H3,(H,25,26,27);2H,1H3,(H,3,4). The topological polar surface area (TPSA) is 79.8 Å². The van der Waals surface area contributed by atoms with Gasteiger partial charge < -0.3 is 10.6 Å². The van der Waals surface area contributed by atoms with Crippen LogP contribution in [0.25, 0.3) is 33.4 Å². The van der Waals surface area contributed by atoms with Crippen LogP contribution < -0.4 is 10.6 Å². The van der Waals surface area contributed by atoms with Crippen molar-refractivity contribution in [3.8, 4) is 22.5 Å². The highest BCUT2D eigenvalue weighted by molar-refractivity contribution is 5.93. The van der Waals surface area contributed by atoms with Crippen LogP contribution >= 0.6 is 0 Å². The van der Waals surface area contributed by atoms with Crippen molar-refractivity contribution in [3.05, 3.63) is 72.6 Å². The zero-order valence-electron chi connectivity index (χ0n) is 17.1. The Hall–Kier alpha value is -3.94. The van der Waals surface area contributed by atoms with E-state index >= 15 is 0 Å². The molecule has 0 radical (unpaired) electrons. The Morgan fingerprint density at radius 2 is 1.84 bits per heavy atom. The normalized spacial score (nSPS) is 10.2. The summed E-state index contributed by atoms with van der Waals surface area (Å²) in [6.45, 7) is 2.69. The summed E-state index contributed by atoms with van der Waals surface area (Å²) in [5, 5.41) is 6.32. The van der Waals surface area contributed by atoms with Gasteiger partial charge in [0.2, 0.25) is 6.41 Å². The number of hydrogen-bond acceptors (Lipinski definition) is 5. The van der Waals surface area contributed by atoms with Gasteiger partial charge in [-0.25, -0.2) is 18.7 Å². The number of fused-ring (bicyclic) bond motifs is 1. The lowest BCUT2D eigenvalue weighted by molar-refractivity contribution is -0.109. The van der Waals surface area contributed by atoms with Crippen molar-refractivity contribution in [1.29, 1.82) is 0 Å². The molecule has 0 saturated heterocycles. The maximum Gasteiger partial charge on any atom is 0.206 e. The van der Waals surface area contributed by atoms with Gasteiger partial charge in [0.05, 0.1) is 5.52 Å². The molecule has 6 nitrogen and oxygen atoms in total. The Kier molecular flexibility index (Phi) is 7.16. The maximum atomic E-state index is 14.2. The lowest BCUT2D eigenvalue weighted by Crippen LogP contribution is -2.03. The van der Waals surface area contributed by atoms with Crippen LogP contribution in [-0.4, -0.2) is 35.0 Å². The molecule has 0 saturated carbocycles. The molecule has 0 bridgehead atoms. The van der Waals surface area contributed by atoms with Gasteiger partial charge >= 0.3 is 0 Å². The predicted octanol–water partition coefficient (Wildman–Crippen LogP) is 4.43. The number of carbonyl (C=O) groups excluding carboxylic acids is 1. The van der Waals surface area contributed by atoms with E-state index < -0.39 is 11.6 Å². The molecule has 4 aromatic rings. The van der Waals surface area contributed by atoms with Crippen molar-refractivity contribution in [3.63, 3.8) is 0 Å². The lowest BCUT2D eigenvalue weighted by Gasteiger charge is -2.11. The van der Waals surface area contributed by atoms with Crippen molar-refractivity contribution in [2.75, 3.05) is 18.9 Å². The summed E-state index contributed by atoms with van der Waals surface area (Å²) >= 11 is 0. The number of rotatable bonds is 5. The number of pyridine rings is 1. The third-order valence-electron chi connectivity index (χ3n) is 4.32. The van der Waals surface area contributed by atoms with E-state index in [4.69, 9.17) is 4.79 Å². The van der Waals surface area contributed by atoms with Crippen LogP contribution in [0.1, 0.15) is 6.92 Å². The minimum absolute atomic E-state index is 0.324. The van der Waals surface area contributed by atoms with Crippen molar-refractivity contribution >= 4 is 23.1 Å². The van der Waals surface area contributed by atoms with Crippen LogP contribution in [0.5, 0.6) is 0 Å². The molecule has 0 aliphatic carbocycles. The molecular weight excluding hydrogens is 400 g/mol. The van der Waals surface area contributed by atoms with E-state index in [1.165, 1.54) is 12.1 Å². The van der Waals surface area contributed by atoms with E-state index in [1.54, 1.807) is 31.6 Å². The van der Waals surface area contributed by atoms with Gasteiger partial charge in [-0.3, -0.25) is 9.78 Å². The molecule has 4 rings (SSSR count). The first-order valence-corrected chi connectivity index (χ1v) is 9.59. The molecule has 2 heterocycles. The number of hydrogen-bond donors (Lipinski definition) is 2. The van der Waals surface area contributed by atoms with Crippen molar-refractivity contribution in [2.45, 2.75) is 6.92 Å². The molecule has 0 atom stereocenters. The summed E-state index contributed by atoms with van der Waals surface area (Å²) in [4.78, 5) is 22.4. The number of nitrogens with zero attached hydrogens (tertiary/aromatic N) is 3. The van der Waals surface area contributed by atoms with E-state index in [-0.39, 0.29) is 0 Å². The van der Waals surface area contributed by atoms with E-state index in [0.717, 1.165) is 17.0 Å². The van der Waals surface area contributed by atoms with E-state index in [1.807, 2.05) is 25.1 Å². The second kappa shape index (κ2) is 10.2. The van der Waals surface area contributed by atoms with Crippen LogP contribution in [0.2, 0.25) is 0 Å².